The molecule has 0 spiro atoms. The van der Waals surface area contributed by atoms with Crippen LogP contribution in [0.15, 0.2) is 24.3 Å². The zero-order valence-electron chi connectivity index (χ0n) is 7.83. The zero-order chi connectivity index (χ0) is 9.42. The molecule has 2 aromatic rings. The maximum absolute atomic E-state index is 5.68. The Morgan fingerprint density at radius 1 is 1.15 bits per heavy atom. The van der Waals surface area contributed by atoms with Crippen LogP contribution in [0, 0.1) is 13.8 Å². The number of pyridine rings is 1. The Labute approximate surface area is 77.4 Å². The molecule has 0 unspecified atom stereocenters. The molecule has 0 saturated heterocycles. The van der Waals surface area contributed by atoms with Gasteiger partial charge in [0.2, 0.25) is 0 Å². The van der Waals surface area contributed by atoms with E-state index in [2.05, 4.69) is 18.0 Å². The average Bonchev–Trinajstić information content (AvgIpc) is 2.02. The Balaban J connectivity index is 2.86. The van der Waals surface area contributed by atoms with Gasteiger partial charge in [-0.2, -0.15) is 0 Å². The minimum absolute atomic E-state index is 0.769. The summed E-state index contributed by atoms with van der Waals surface area (Å²) < 4.78 is 0. The van der Waals surface area contributed by atoms with E-state index in [0.29, 0.717) is 0 Å². The molecule has 2 rings (SSSR count). The summed E-state index contributed by atoms with van der Waals surface area (Å²) in [6, 6.07) is 7.92. The first kappa shape index (κ1) is 8.05. The monoisotopic (exact) mass is 172 g/mol. The molecule has 1 aromatic carbocycles. The van der Waals surface area contributed by atoms with Crippen molar-refractivity contribution in [3.63, 3.8) is 0 Å². The van der Waals surface area contributed by atoms with Gasteiger partial charge in [0.05, 0.1) is 5.52 Å². The van der Waals surface area contributed by atoms with Gasteiger partial charge in [-0.3, -0.25) is 4.98 Å². The number of fused-ring (bicyclic) bond motifs is 1. The van der Waals surface area contributed by atoms with Crippen LogP contribution in [0.25, 0.3) is 10.9 Å². The third kappa shape index (κ3) is 1.35. The number of benzene rings is 1. The van der Waals surface area contributed by atoms with Gasteiger partial charge in [0.1, 0.15) is 0 Å². The summed E-state index contributed by atoms with van der Waals surface area (Å²) >= 11 is 0. The summed E-state index contributed by atoms with van der Waals surface area (Å²) in [5, 5.41) is 1.18. The number of aryl methyl sites for hydroxylation is 2. The maximum Gasteiger partial charge on any atom is 0.0728 e. The lowest BCUT2D eigenvalue weighted by atomic mass is 10.1. The Bertz CT molecular complexity index is 456. The van der Waals surface area contributed by atoms with E-state index in [9.17, 15) is 0 Å². The van der Waals surface area contributed by atoms with Crippen LogP contribution < -0.4 is 5.73 Å². The van der Waals surface area contributed by atoms with Gasteiger partial charge in [0.15, 0.2) is 0 Å². The van der Waals surface area contributed by atoms with Crippen molar-refractivity contribution in [2.75, 3.05) is 5.73 Å². The lowest BCUT2D eigenvalue weighted by Crippen LogP contribution is -1.89. The van der Waals surface area contributed by atoms with Crippen molar-refractivity contribution in [2.45, 2.75) is 13.8 Å². The van der Waals surface area contributed by atoms with E-state index in [1.807, 2.05) is 25.1 Å². The van der Waals surface area contributed by atoms with Gasteiger partial charge in [-0.15, -0.1) is 0 Å². The average molecular weight is 172 g/mol. The standard InChI is InChI=1S/C11H12N2/c1-7-5-8(2)13-11-6-9(12)3-4-10(7)11/h3-6H,12H2,1-2H3. The van der Waals surface area contributed by atoms with Gasteiger partial charge in [-0.1, -0.05) is 6.07 Å². The molecule has 2 N–H and O–H groups in total. The number of nitrogen functional groups attached to an aromatic ring is 1. The van der Waals surface area contributed by atoms with Crippen molar-refractivity contribution in [3.05, 3.63) is 35.5 Å². The first-order valence-electron chi connectivity index (χ1n) is 4.30. The van der Waals surface area contributed by atoms with Gasteiger partial charge in [-0.25, -0.2) is 0 Å². The van der Waals surface area contributed by atoms with Crippen molar-refractivity contribution in [1.82, 2.24) is 4.98 Å². The molecule has 0 saturated carbocycles. The highest BCUT2D eigenvalue weighted by molar-refractivity contribution is 5.84. The number of hydrogen-bond donors (Lipinski definition) is 1. The van der Waals surface area contributed by atoms with Crippen LogP contribution in [0.5, 0.6) is 0 Å². The molecule has 0 radical (unpaired) electrons. The largest absolute Gasteiger partial charge is 0.399 e. The molecule has 1 heterocycles. The third-order valence-corrected chi connectivity index (χ3v) is 2.17. The lowest BCUT2D eigenvalue weighted by Gasteiger charge is -2.03. The Morgan fingerprint density at radius 3 is 2.69 bits per heavy atom. The molecule has 0 fully saturated rings. The predicted molar refractivity (Wildman–Crippen MR) is 55.6 cm³/mol. The van der Waals surface area contributed by atoms with Crippen LogP contribution in [0.3, 0.4) is 0 Å². The number of nitrogens with zero attached hydrogens (tertiary/aromatic N) is 1. The van der Waals surface area contributed by atoms with Crippen molar-refractivity contribution in [2.24, 2.45) is 0 Å². The number of rotatable bonds is 0. The summed E-state index contributed by atoms with van der Waals surface area (Å²) in [6.07, 6.45) is 0. The molecule has 0 aliphatic heterocycles. The minimum Gasteiger partial charge on any atom is -0.399 e. The highest BCUT2D eigenvalue weighted by atomic mass is 14.7. The highest BCUT2D eigenvalue weighted by Crippen LogP contribution is 2.19. The lowest BCUT2D eigenvalue weighted by molar-refractivity contribution is 1.23. The van der Waals surface area contributed by atoms with E-state index in [4.69, 9.17) is 5.73 Å². The molecular weight excluding hydrogens is 160 g/mol. The number of hydrogen-bond acceptors (Lipinski definition) is 2. The first-order chi connectivity index (χ1) is 6.16. The van der Waals surface area contributed by atoms with Gasteiger partial charge in [0, 0.05) is 16.8 Å². The van der Waals surface area contributed by atoms with E-state index in [-0.39, 0.29) is 0 Å². The van der Waals surface area contributed by atoms with E-state index < -0.39 is 0 Å². The second-order valence-electron chi connectivity index (χ2n) is 3.36. The molecule has 0 atom stereocenters. The first-order valence-corrected chi connectivity index (χ1v) is 4.30. The SMILES string of the molecule is Cc1cc(C)c2ccc(N)cc2n1. The van der Waals surface area contributed by atoms with Gasteiger partial charge in [-0.05, 0) is 37.6 Å². The predicted octanol–water partition coefficient (Wildman–Crippen LogP) is 2.43. The highest BCUT2D eigenvalue weighted by Gasteiger charge is 1.99. The van der Waals surface area contributed by atoms with Gasteiger partial charge in [0.25, 0.3) is 0 Å². The van der Waals surface area contributed by atoms with E-state index >= 15 is 0 Å². The van der Waals surface area contributed by atoms with Crippen LogP contribution in [0.2, 0.25) is 0 Å². The molecule has 13 heavy (non-hydrogen) atoms. The van der Waals surface area contributed by atoms with Crippen LogP contribution in [0.4, 0.5) is 5.69 Å². The molecule has 1 aromatic heterocycles. The van der Waals surface area contributed by atoms with E-state index in [0.717, 1.165) is 16.9 Å². The molecule has 0 aliphatic carbocycles. The minimum atomic E-state index is 0.769. The Kier molecular flexibility index (Phi) is 1.69. The molecule has 0 bridgehead atoms. The van der Waals surface area contributed by atoms with Crippen molar-refractivity contribution >= 4 is 16.6 Å². The Hall–Kier alpha value is -1.57. The molecule has 2 heteroatoms. The van der Waals surface area contributed by atoms with Crippen molar-refractivity contribution in [3.8, 4) is 0 Å². The number of aromatic nitrogens is 1. The number of anilines is 1. The fourth-order valence-corrected chi connectivity index (χ4v) is 1.59. The van der Waals surface area contributed by atoms with Crippen LogP contribution >= 0.6 is 0 Å². The van der Waals surface area contributed by atoms with Gasteiger partial charge < -0.3 is 5.73 Å². The molecule has 2 nitrogen and oxygen atoms in total. The van der Waals surface area contributed by atoms with Crippen molar-refractivity contribution in [1.29, 1.82) is 0 Å². The maximum atomic E-state index is 5.68. The summed E-state index contributed by atoms with van der Waals surface area (Å²) in [5.74, 6) is 0. The molecular formula is C11H12N2. The molecule has 0 aliphatic rings. The summed E-state index contributed by atoms with van der Waals surface area (Å²) in [4.78, 5) is 4.42. The normalized spacial score (nSPS) is 10.6. The fraction of sp³-hybridized carbons (Fsp3) is 0.182. The Morgan fingerprint density at radius 2 is 1.92 bits per heavy atom. The molecule has 66 valence electrons. The summed E-state index contributed by atoms with van der Waals surface area (Å²) in [6.45, 7) is 4.09. The second-order valence-corrected chi connectivity index (χ2v) is 3.36. The number of nitrogens with two attached hydrogens (primary N) is 1. The van der Waals surface area contributed by atoms with Crippen LogP contribution in [-0.2, 0) is 0 Å². The third-order valence-electron chi connectivity index (χ3n) is 2.17. The second kappa shape index (κ2) is 2.73. The topological polar surface area (TPSA) is 38.9 Å². The van der Waals surface area contributed by atoms with E-state index in [1.165, 1.54) is 10.9 Å². The van der Waals surface area contributed by atoms with Crippen LogP contribution in [0.1, 0.15) is 11.3 Å². The zero-order valence-corrected chi connectivity index (χ0v) is 7.83. The van der Waals surface area contributed by atoms with E-state index in [1.54, 1.807) is 0 Å². The van der Waals surface area contributed by atoms with Gasteiger partial charge >= 0.3 is 0 Å². The summed E-state index contributed by atoms with van der Waals surface area (Å²) in [7, 11) is 0. The fourth-order valence-electron chi connectivity index (χ4n) is 1.59. The van der Waals surface area contributed by atoms with Crippen molar-refractivity contribution < 1.29 is 0 Å². The summed E-state index contributed by atoms with van der Waals surface area (Å²) in [5.41, 5.74) is 9.73. The quantitative estimate of drug-likeness (QED) is 0.620. The van der Waals surface area contributed by atoms with Crippen LogP contribution in [-0.4, -0.2) is 4.98 Å². The molecule has 0 amide bonds. The smallest absolute Gasteiger partial charge is 0.0728 e.